The predicted molar refractivity (Wildman–Crippen MR) is 53.6 cm³/mol. The van der Waals surface area contributed by atoms with Crippen LogP contribution in [0.1, 0.15) is 12.5 Å². The van der Waals surface area contributed by atoms with Gasteiger partial charge in [0.15, 0.2) is 0 Å². The van der Waals surface area contributed by atoms with Crippen molar-refractivity contribution in [1.82, 2.24) is 0 Å². The zero-order chi connectivity index (χ0) is 9.68. The molecule has 0 amide bonds. The molecule has 1 aromatic carbocycles. The third-order valence-electron chi connectivity index (χ3n) is 1.69. The molecular formula is C10H14N2O. The van der Waals surface area contributed by atoms with Crippen molar-refractivity contribution in [1.29, 1.82) is 0 Å². The van der Waals surface area contributed by atoms with Crippen molar-refractivity contribution in [3.8, 4) is 0 Å². The monoisotopic (exact) mass is 178 g/mol. The third-order valence-corrected chi connectivity index (χ3v) is 1.69. The highest BCUT2D eigenvalue weighted by molar-refractivity contribution is 6.03. The van der Waals surface area contributed by atoms with Crippen LogP contribution in [0.15, 0.2) is 35.5 Å². The summed E-state index contributed by atoms with van der Waals surface area (Å²) < 4.78 is 0. The van der Waals surface area contributed by atoms with Crippen LogP contribution in [0.25, 0.3) is 0 Å². The molecule has 0 aliphatic rings. The summed E-state index contributed by atoms with van der Waals surface area (Å²) in [6.45, 7) is 1.88. The predicted octanol–water partition coefficient (Wildman–Crippen LogP) is 1.38. The Bertz CT molecular complexity index is 280. The molecule has 0 heterocycles. The fraction of sp³-hybridized carbons (Fsp3) is 0.300. The largest absolute Gasteiger partial charge is 0.399 e. The van der Waals surface area contributed by atoms with Crippen LogP contribution >= 0.6 is 0 Å². The van der Waals surface area contributed by atoms with Gasteiger partial charge in [-0.2, -0.15) is 0 Å². The summed E-state index contributed by atoms with van der Waals surface area (Å²) in [4.78, 5) is 4.73. The summed E-state index contributed by atoms with van der Waals surface area (Å²) >= 11 is 0. The van der Waals surface area contributed by atoms with E-state index in [2.05, 4.69) is 5.16 Å². The molecule has 0 aliphatic heterocycles. The van der Waals surface area contributed by atoms with E-state index in [4.69, 9.17) is 10.6 Å². The summed E-state index contributed by atoms with van der Waals surface area (Å²) in [6.07, 6.45) is 0. The minimum atomic E-state index is -0.123. The second-order valence-corrected chi connectivity index (χ2v) is 2.81. The quantitative estimate of drug-likeness (QED) is 0.561. The molecule has 0 radical (unpaired) electrons. The highest BCUT2D eigenvalue weighted by Crippen LogP contribution is 2.03. The SMILES string of the molecule is CO/N=C(\c1ccccc1)C(C)N. The van der Waals surface area contributed by atoms with E-state index in [0.29, 0.717) is 0 Å². The van der Waals surface area contributed by atoms with Gasteiger partial charge in [0.1, 0.15) is 12.8 Å². The second-order valence-electron chi connectivity index (χ2n) is 2.81. The maximum Gasteiger partial charge on any atom is 0.106 e. The summed E-state index contributed by atoms with van der Waals surface area (Å²) in [5.74, 6) is 0. The summed E-state index contributed by atoms with van der Waals surface area (Å²) in [5, 5.41) is 3.89. The van der Waals surface area contributed by atoms with Crippen LogP contribution in [-0.2, 0) is 4.84 Å². The molecule has 70 valence electrons. The van der Waals surface area contributed by atoms with Crippen LogP contribution in [-0.4, -0.2) is 18.9 Å². The molecule has 3 nitrogen and oxygen atoms in total. The molecule has 0 aromatic heterocycles. The lowest BCUT2D eigenvalue weighted by atomic mass is 10.1. The molecule has 0 saturated carbocycles. The van der Waals surface area contributed by atoms with Gasteiger partial charge in [0.05, 0.1) is 0 Å². The van der Waals surface area contributed by atoms with Crippen LogP contribution < -0.4 is 5.73 Å². The zero-order valence-electron chi connectivity index (χ0n) is 7.90. The van der Waals surface area contributed by atoms with E-state index in [1.165, 1.54) is 7.11 Å². The van der Waals surface area contributed by atoms with E-state index in [-0.39, 0.29) is 6.04 Å². The van der Waals surface area contributed by atoms with Crippen molar-refractivity contribution in [2.24, 2.45) is 10.9 Å². The number of hydrogen-bond donors (Lipinski definition) is 1. The van der Waals surface area contributed by atoms with E-state index < -0.39 is 0 Å². The standard InChI is InChI=1S/C10H14N2O/c1-8(11)10(12-13-2)9-6-4-3-5-7-9/h3-8H,11H2,1-2H3/b12-10-. The Hall–Kier alpha value is -1.35. The number of rotatable bonds is 3. The normalized spacial score (nSPS) is 13.9. The molecule has 0 saturated heterocycles. The number of nitrogens with two attached hydrogens (primary N) is 1. The smallest absolute Gasteiger partial charge is 0.106 e. The van der Waals surface area contributed by atoms with E-state index in [1.807, 2.05) is 37.3 Å². The molecule has 1 atom stereocenters. The Morgan fingerprint density at radius 2 is 2.00 bits per heavy atom. The van der Waals surface area contributed by atoms with Gasteiger partial charge in [-0.1, -0.05) is 35.5 Å². The van der Waals surface area contributed by atoms with Crippen molar-refractivity contribution in [2.75, 3.05) is 7.11 Å². The molecule has 0 bridgehead atoms. The fourth-order valence-corrected chi connectivity index (χ4v) is 1.11. The Morgan fingerprint density at radius 1 is 1.38 bits per heavy atom. The van der Waals surface area contributed by atoms with Crippen LogP contribution in [0.3, 0.4) is 0 Å². The van der Waals surface area contributed by atoms with E-state index in [1.54, 1.807) is 0 Å². The van der Waals surface area contributed by atoms with Gasteiger partial charge in [-0.15, -0.1) is 0 Å². The lowest BCUT2D eigenvalue weighted by molar-refractivity contribution is 0.212. The first-order valence-electron chi connectivity index (χ1n) is 4.17. The third kappa shape index (κ3) is 2.56. The summed E-state index contributed by atoms with van der Waals surface area (Å²) in [6, 6.07) is 9.64. The van der Waals surface area contributed by atoms with Crippen molar-refractivity contribution in [3.63, 3.8) is 0 Å². The van der Waals surface area contributed by atoms with Crippen molar-refractivity contribution >= 4 is 5.71 Å². The number of benzene rings is 1. The second kappa shape index (κ2) is 4.62. The Balaban J connectivity index is 2.96. The first-order chi connectivity index (χ1) is 6.25. The number of nitrogens with zero attached hydrogens (tertiary/aromatic N) is 1. The average molecular weight is 178 g/mol. The van der Waals surface area contributed by atoms with E-state index in [9.17, 15) is 0 Å². The molecule has 3 heteroatoms. The fourth-order valence-electron chi connectivity index (χ4n) is 1.11. The molecule has 1 aromatic rings. The van der Waals surface area contributed by atoms with Gasteiger partial charge in [0, 0.05) is 11.6 Å². The van der Waals surface area contributed by atoms with Crippen LogP contribution in [0.5, 0.6) is 0 Å². The molecule has 0 aliphatic carbocycles. The van der Waals surface area contributed by atoms with Gasteiger partial charge in [-0.25, -0.2) is 0 Å². The summed E-state index contributed by atoms with van der Waals surface area (Å²) in [5.41, 5.74) is 7.51. The lowest BCUT2D eigenvalue weighted by Crippen LogP contribution is -2.27. The van der Waals surface area contributed by atoms with Gasteiger partial charge in [0.2, 0.25) is 0 Å². The molecule has 1 unspecified atom stereocenters. The van der Waals surface area contributed by atoms with Crippen molar-refractivity contribution in [3.05, 3.63) is 35.9 Å². The minimum absolute atomic E-state index is 0.123. The van der Waals surface area contributed by atoms with Gasteiger partial charge >= 0.3 is 0 Å². The van der Waals surface area contributed by atoms with Gasteiger partial charge in [-0.3, -0.25) is 0 Å². The molecule has 2 N–H and O–H groups in total. The van der Waals surface area contributed by atoms with E-state index in [0.717, 1.165) is 11.3 Å². The molecule has 0 fully saturated rings. The van der Waals surface area contributed by atoms with Crippen LogP contribution in [0, 0.1) is 0 Å². The van der Waals surface area contributed by atoms with Gasteiger partial charge in [0.25, 0.3) is 0 Å². The highest BCUT2D eigenvalue weighted by Gasteiger charge is 2.08. The van der Waals surface area contributed by atoms with Crippen molar-refractivity contribution < 1.29 is 4.84 Å². The maximum atomic E-state index is 5.74. The Kier molecular flexibility index (Phi) is 3.46. The first kappa shape index (κ1) is 9.74. The summed E-state index contributed by atoms with van der Waals surface area (Å²) in [7, 11) is 1.52. The van der Waals surface area contributed by atoms with Gasteiger partial charge in [-0.05, 0) is 6.92 Å². The minimum Gasteiger partial charge on any atom is -0.399 e. The highest BCUT2D eigenvalue weighted by atomic mass is 16.6. The molecular weight excluding hydrogens is 164 g/mol. The number of hydrogen-bond acceptors (Lipinski definition) is 3. The first-order valence-corrected chi connectivity index (χ1v) is 4.17. The van der Waals surface area contributed by atoms with Crippen molar-refractivity contribution in [2.45, 2.75) is 13.0 Å². The Morgan fingerprint density at radius 3 is 2.46 bits per heavy atom. The molecule has 0 spiro atoms. The topological polar surface area (TPSA) is 47.6 Å². The van der Waals surface area contributed by atoms with Crippen LogP contribution in [0.2, 0.25) is 0 Å². The average Bonchev–Trinajstić information content (AvgIpc) is 2.15. The number of oxime groups is 1. The van der Waals surface area contributed by atoms with Crippen LogP contribution in [0.4, 0.5) is 0 Å². The molecule has 1 rings (SSSR count). The Labute approximate surface area is 78.2 Å². The molecule has 13 heavy (non-hydrogen) atoms. The zero-order valence-corrected chi connectivity index (χ0v) is 7.90. The van der Waals surface area contributed by atoms with E-state index >= 15 is 0 Å². The maximum absolute atomic E-state index is 5.74. The lowest BCUT2D eigenvalue weighted by Gasteiger charge is -2.08. The van der Waals surface area contributed by atoms with Gasteiger partial charge < -0.3 is 10.6 Å².